The molecule has 0 saturated heterocycles. The molecule has 9 heteroatoms. The Bertz CT molecular complexity index is 1500. The molecule has 164 valence electrons. The minimum atomic E-state index is -0.306. The normalized spacial score (nSPS) is 10.9. The number of aromatic amines is 2. The van der Waals surface area contributed by atoms with Crippen LogP contribution in [0.25, 0.3) is 28.0 Å². The number of fused-ring (bicyclic) bond motifs is 1. The summed E-state index contributed by atoms with van der Waals surface area (Å²) in [5, 5.41) is 8.61. The fourth-order valence-electron chi connectivity index (χ4n) is 3.61. The topological polar surface area (TPSA) is 134 Å². The van der Waals surface area contributed by atoms with Crippen LogP contribution in [0.5, 0.6) is 0 Å². The van der Waals surface area contributed by atoms with E-state index in [2.05, 4.69) is 25.7 Å². The quantitative estimate of drug-likeness (QED) is 0.286. The lowest BCUT2D eigenvalue weighted by atomic mass is 10.2. The number of nitrogens with zero attached hydrogens (tertiary/aromatic N) is 2. The zero-order chi connectivity index (χ0) is 22.8. The molecule has 5 rings (SSSR count). The first-order valence-corrected chi connectivity index (χ1v) is 10.3. The fourth-order valence-corrected chi connectivity index (χ4v) is 3.61. The molecule has 3 heterocycles. The van der Waals surface area contributed by atoms with Gasteiger partial charge in [-0.25, -0.2) is 14.5 Å². The highest BCUT2D eigenvalue weighted by atomic mass is 16.2. The number of benzene rings is 2. The number of carbonyl (C=O) groups excluding carboxylic acids is 1. The van der Waals surface area contributed by atoms with Crippen LogP contribution < -0.4 is 21.9 Å². The monoisotopic (exact) mass is 439 g/mol. The van der Waals surface area contributed by atoms with Gasteiger partial charge < -0.3 is 21.4 Å². The highest BCUT2D eigenvalue weighted by Gasteiger charge is 2.13. The van der Waals surface area contributed by atoms with E-state index in [4.69, 9.17) is 5.73 Å². The van der Waals surface area contributed by atoms with E-state index in [0.717, 1.165) is 11.1 Å². The second-order valence-electron chi connectivity index (χ2n) is 7.52. The molecule has 0 fully saturated rings. The lowest BCUT2D eigenvalue weighted by Gasteiger charge is -2.09. The van der Waals surface area contributed by atoms with Gasteiger partial charge in [0, 0.05) is 18.4 Å². The molecule has 0 spiro atoms. The maximum Gasteiger partial charge on any atom is 0.319 e. The van der Waals surface area contributed by atoms with Gasteiger partial charge in [0.2, 0.25) is 0 Å². The smallest absolute Gasteiger partial charge is 0.319 e. The Morgan fingerprint density at radius 2 is 1.88 bits per heavy atom. The number of nitrogen functional groups attached to an aromatic ring is 1. The first-order chi connectivity index (χ1) is 16.1. The Hall–Kier alpha value is -4.79. The molecule has 3 aromatic heterocycles. The molecule has 9 nitrogen and oxygen atoms in total. The number of nitrogens with one attached hydrogen (secondary N) is 4. The van der Waals surface area contributed by atoms with Crippen LogP contribution in [-0.2, 0) is 6.54 Å². The number of amides is 2. The molecule has 0 aliphatic rings. The van der Waals surface area contributed by atoms with E-state index in [1.807, 2.05) is 60.7 Å². The lowest BCUT2D eigenvalue weighted by Crippen LogP contribution is -2.28. The molecule has 0 atom stereocenters. The third-order valence-electron chi connectivity index (χ3n) is 5.21. The van der Waals surface area contributed by atoms with Crippen molar-refractivity contribution in [3.8, 4) is 16.9 Å². The van der Waals surface area contributed by atoms with Crippen molar-refractivity contribution >= 4 is 28.6 Å². The van der Waals surface area contributed by atoms with Crippen molar-refractivity contribution in [1.29, 1.82) is 0 Å². The minimum absolute atomic E-state index is 0.207. The van der Waals surface area contributed by atoms with Crippen molar-refractivity contribution in [1.82, 2.24) is 25.1 Å². The molecule has 33 heavy (non-hydrogen) atoms. The standard InChI is InChI=1S/C24H21N7O2/c25-22-10-9-19-21(30-22)12-20(29-19)18-14-27-31(23(18)32)17-8-4-5-15(11-17)13-26-24(33)28-16-6-2-1-3-7-16/h1-12,14,27,29H,13H2,(H2,25,30)(H2,26,28,33). The second kappa shape index (κ2) is 8.39. The second-order valence-corrected chi connectivity index (χ2v) is 7.52. The van der Waals surface area contributed by atoms with Crippen molar-refractivity contribution in [2.75, 3.05) is 11.1 Å². The number of hydrogen-bond donors (Lipinski definition) is 5. The highest BCUT2D eigenvalue weighted by Crippen LogP contribution is 2.22. The molecule has 0 aliphatic carbocycles. The van der Waals surface area contributed by atoms with Crippen molar-refractivity contribution in [3.05, 3.63) is 94.9 Å². The Morgan fingerprint density at radius 1 is 1.03 bits per heavy atom. The summed E-state index contributed by atoms with van der Waals surface area (Å²) < 4.78 is 1.45. The number of hydrogen-bond acceptors (Lipinski definition) is 4. The maximum atomic E-state index is 13.1. The summed E-state index contributed by atoms with van der Waals surface area (Å²) in [7, 11) is 0. The number of para-hydroxylation sites is 1. The molecule has 2 amide bonds. The van der Waals surface area contributed by atoms with Crippen LogP contribution in [-0.4, -0.2) is 25.8 Å². The number of carbonyl (C=O) groups is 1. The van der Waals surface area contributed by atoms with Gasteiger partial charge in [0.25, 0.3) is 5.56 Å². The summed E-state index contributed by atoms with van der Waals surface area (Å²) in [6.45, 7) is 0.309. The third-order valence-corrected chi connectivity index (χ3v) is 5.21. The summed E-state index contributed by atoms with van der Waals surface area (Å²) in [5.41, 5.74) is 10.4. The van der Waals surface area contributed by atoms with Gasteiger partial charge in [0.15, 0.2) is 0 Å². The fraction of sp³-hybridized carbons (Fsp3) is 0.0417. The predicted molar refractivity (Wildman–Crippen MR) is 128 cm³/mol. The predicted octanol–water partition coefficient (Wildman–Crippen LogP) is 3.61. The molecule has 2 aromatic carbocycles. The van der Waals surface area contributed by atoms with E-state index in [1.54, 1.807) is 18.3 Å². The van der Waals surface area contributed by atoms with E-state index in [1.165, 1.54) is 4.68 Å². The average Bonchev–Trinajstić information content (AvgIpc) is 3.41. The number of aromatic nitrogens is 4. The average molecular weight is 439 g/mol. The van der Waals surface area contributed by atoms with E-state index in [-0.39, 0.29) is 11.6 Å². The van der Waals surface area contributed by atoms with Gasteiger partial charge in [0.05, 0.1) is 28.0 Å². The maximum absolute atomic E-state index is 13.1. The van der Waals surface area contributed by atoms with Gasteiger partial charge in [0.1, 0.15) is 5.82 Å². The number of anilines is 2. The Morgan fingerprint density at radius 3 is 2.73 bits per heavy atom. The molecular formula is C24H21N7O2. The first-order valence-electron chi connectivity index (χ1n) is 10.3. The summed E-state index contributed by atoms with van der Waals surface area (Å²) in [6, 6.07) is 21.6. The zero-order valence-corrected chi connectivity index (χ0v) is 17.5. The third kappa shape index (κ3) is 4.19. The van der Waals surface area contributed by atoms with Crippen LogP contribution in [0.2, 0.25) is 0 Å². The molecule has 0 radical (unpaired) electrons. The van der Waals surface area contributed by atoms with E-state index >= 15 is 0 Å². The number of pyridine rings is 1. The van der Waals surface area contributed by atoms with Gasteiger partial charge in [-0.3, -0.25) is 9.89 Å². The first kappa shape index (κ1) is 20.1. The minimum Gasteiger partial charge on any atom is -0.384 e. The van der Waals surface area contributed by atoms with Gasteiger partial charge in [-0.1, -0.05) is 30.3 Å². The Balaban J connectivity index is 1.34. The summed E-state index contributed by atoms with van der Waals surface area (Å²) in [5.74, 6) is 0.419. The zero-order valence-electron chi connectivity index (χ0n) is 17.5. The van der Waals surface area contributed by atoms with Crippen LogP contribution in [0.3, 0.4) is 0 Å². The molecule has 0 saturated carbocycles. The van der Waals surface area contributed by atoms with Crippen LogP contribution in [0.4, 0.5) is 16.3 Å². The number of nitrogens with two attached hydrogens (primary N) is 1. The van der Waals surface area contributed by atoms with Gasteiger partial charge >= 0.3 is 6.03 Å². The van der Waals surface area contributed by atoms with Crippen molar-refractivity contribution in [3.63, 3.8) is 0 Å². The number of H-pyrrole nitrogens is 2. The Labute approximate surface area is 188 Å². The molecule has 0 bridgehead atoms. The van der Waals surface area contributed by atoms with E-state index < -0.39 is 0 Å². The van der Waals surface area contributed by atoms with Crippen molar-refractivity contribution in [2.24, 2.45) is 0 Å². The summed E-state index contributed by atoms with van der Waals surface area (Å²) >= 11 is 0. The number of urea groups is 1. The molecular weight excluding hydrogens is 418 g/mol. The molecule has 0 unspecified atom stereocenters. The SMILES string of the molecule is Nc1ccc2[nH]c(-c3c[nH]n(-c4cccc(CNC(=O)Nc5ccccc5)c4)c3=O)cc2n1. The van der Waals surface area contributed by atoms with E-state index in [0.29, 0.717) is 40.5 Å². The van der Waals surface area contributed by atoms with Crippen LogP contribution in [0.1, 0.15) is 5.56 Å². The largest absolute Gasteiger partial charge is 0.384 e. The van der Waals surface area contributed by atoms with Gasteiger partial charge in [-0.05, 0) is 48.0 Å². The summed E-state index contributed by atoms with van der Waals surface area (Å²) in [4.78, 5) is 32.7. The van der Waals surface area contributed by atoms with Crippen LogP contribution >= 0.6 is 0 Å². The molecule has 5 aromatic rings. The number of rotatable bonds is 5. The highest BCUT2D eigenvalue weighted by molar-refractivity contribution is 5.89. The molecule has 0 aliphatic heterocycles. The van der Waals surface area contributed by atoms with Crippen LogP contribution in [0, 0.1) is 0 Å². The van der Waals surface area contributed by atoms with E-state index in [9.17, 15) is 9.59 Å². The van der Waals surface area contributed by atoms with Gasteiger partial charge in [-0.15, -0.1) is 0 Å². The van der Waals surface area contributed by atoms with Crippen LogP contribution in [0.15, 0.2) is 83.8 Å². The molecule has 6 N–H and O–H groups in total. The van der Waals surface area contributed by atoms with Gasteiger partial charge in [-0.2, -0.15) is 0 Å². The lowest BCUT2D eigenvalue weighted by molar-refractivity contribution is 0.251. The van der Waals surface area contributed by atoms with Crippen molar-refractivity contribution < 1.29 is 4.79 Å². The Kier molecular flexibility index (Phi) is 5.12. The van der Waals surface area contributed by atoms with Crippen molar-refractivity contribution in [2.45, 2.75) is 6.54 Å². The summed E-state index contributed by atoms with van der Waals surface area (Å²) in [6.07, 6.45) is 1.65.